The monoisotopic (exact) mass is 455 g/mol. The second-order valence-electron chi connectivity index (χ2n) is 9.75. The first-order valence-electron chi connectivity index (χ1n) is 12.2. The largest absolute Gasteiger partial charge is 0.497 e. The maximum atomic E-state index is 12.4. The molecule has 0 radical (unpaired) electrons. The maximum Gasteiger partial charge on any atom is 0.338 e. The van der Waals surface area contributed by atoms with E-state index in [9.17, 15) is 4.79 Å². The molecule has 1 N–H and O–H groups in total. The number of ether oxygens (including phenoxy) is 2. The van der Waals surface area contributed by atoms with Gasteiger partial charge < -0.3 is 14.8 Å². The molecule has 4 nitrogen and oxygen atoms in total. The molecule has 4 heteroatoms. The lowest BCUT2D eigenvalue weighted by molar-refractivity contribution is 0.0600. The third kappa shape index (κ3) is 4.12. The minimum Gasteiger partial charge on any atom is -0.497 e. The third-order valence-corrected chi connectivity index (χ3v) is 7.71. The van der Waals surface area contributed by atoms with Crippen LogP contribution in [0.15, 0.2) is 54.6 Å². The summed E-state index contributed by atoms with van der Waals surface area (Å²) in [6, 6.07) is 19.4. The van der Waals surface area contributed by atoms with E-state index in [4.69, 9.17) is 9.47 Å². The van der Waals surface area contributed by atoms with Crippen molar-refractivity contribution in [2.24, 2.45) is 0 Å². The summed E-state index contributed by atoms with van der Waals surface area (Å²) in [5, 5.41) is 3.70. The number of nitrogens with one attached hydrogen (secondary N) is 1. The fourth-order valence-corrected chi connectivity index (χ4v) is 5.82. The molecular weight excluding hydrogens is 422 g/mol. The van der Waals surface area contributed by atoms with Gasteiger partial charge in [0.05, 0.1) is 19.8 Å². The van der Waals surface area contributed by atoms with Crippen molar-refractivity contribution in [2.45, 2.75) is 57.5 Å². The lowest BCUT2D eigenvalue weighted by Crippen LogP contribution is -2.18. The predicted octanol–water partition coefficient (Wildman–Crippen LogP) is 6.67. The number of carbonyl (C=O) groups is 1. The molecule has 0 heterocycles. The van der Waals surface area contributed by atoms with Gasteiger partial charge in [-0.3, -0.25) is 0 Å². The highest BCUT2D eigenvalue weighted by Gasteiger charge is 2.38. The van der Waals surface area contributed by atoms with Crippen LogP contribution in [0.4, 0.5) is 0 Å². The number of fused-ring (bicyclic) bond motifs is 5. The lowest BCUT2D eigenvalue weighted by atomic mass is 9.83. The molecule has 0 aliphatic heterocycles. The Kier molecular flexibility index (Phi) is 6.18. The third-order valence-electron chi connectivity index (χ3n) is 7.71. The van der Waals surface area contributed by atoms with Crippen molar-refractivity contribution >= 4 is 5.97 Å². The van der Waals surface area contributed by atoms with Crippen molar-refractivity contribution in [1.29, 1.82) is 0 Å². The molecule has 3 aromatic rings. The molecule has 0 spiro atoms. The molecule has 0 saturated heterocycles. The number of hydrogen-bond donors (Lipinski definition) is 1. The molecule has 2 bridgehead atoms. The van der Waals surface area contributed by atoms with E-state index < -0.39 is 0 Å². The Morgan fingerprint density at radius 1 is 1.06 bits per heavy atom. The molecular formula is C30H33NO3. The minimum atomic E-state index is -0.276. The molecule has 5 rings (SSSR count). The van der Waals surface area contributed by atoms with Crippen LogP contribution in [0.3, 0.4) is 0 Å². The summed E-state index contributed by atoms with van der Waals surface area (Å²) in [5.41, 5.74) is 9.49. The summed E-state index contributed by atoms with van der Waals surface area (Å²) in [4.78, 5) is 12.4. The molecule has 0 aromatic heterocycles. The van der Waals surface area contributed by atoms with Gasteiger partial charge in [0, 0.05) is 12.6 Å². The van der Waals surface area contributed by atoms with Crippen molar-refractivity contribution in [3.63, 3.8) is 0 Å². The van der Waals surface area contributed by atoms with E-state index >= 15 is 0 Å². The Morgan fingerprint density at radius 2 is 1.88 bits per heavy atom. The molecule has 0 amide bonds. The van der Waals surface area contributed by atoms with Crippen LogP contribution in [0.5, 0.6) is 5.75 Å². The SMILES string of the molecule is COC(=O)c1cc(-c2cc(CN[C@H](C)c3cccc(OC)c3)cc3c2C2CCC3C2)ccc1C. The van der Waals surface area contributed by atoms with Crippen molar-refractivity contribution in [1.82, 2.24) is 5.32 Å². The van der Waals surface area contributed by atoms with Crippen LogP contribution in [0.25, 0.3) is 11.1 Å². The average Bonchev–Trinajstić information content (AvgIpc) is 3.49. The molecule has 176 valence electrons. The number of hydrogen-bond acceptors (Lipinski definition) is 4. The molecule has 2 aliphatic carbocycles. The number of aryl methyl sites for hydroxylation is 1. The molecule has 2 unspecified atom stereocenters. The van der Waals surface area contributed by atoms with Gasteiger partial charge in [-0.25, -0.2) is 4.79 Å². The summed E-state index contributed by atoms with van der Waals surface area (Å²) >= 11 is 0. The Morgan fingerprint density at radius 3 is 2.68 bits per heavy atom. The smallest absolute Gasteiger partial charge is 0.338 e. The van der Waals surface area contributed by atoms with Gasteiger partial charge >= 0.3 is 5.97 Å². The first kappa shape index (κ1) is 22.7. The highest BCUT2D eigenvalue weighted by molar-refractivity contribution is 5.93. The van der Waals surface area contributed by atoms with Crippen molar-refractivity contribution in [3.8, 4) is 16.9 Å². The van der Waals surface area contributed by atoms with Gasteiger partial charge in [-0.1, -0.05) is 30.3 Å². The Balaban J connectivity index is 1.48. The Labute approximate surface area is 202 Å². The van der Waals surface area contributed by atoms with Gasteiger partial charge in [0.15, 0.2) is 0 Å². The van der Waals surface area contributed by atoms with Gasteiger partial charge in [-0.15, -0.1) is 0 Å². The quantitative estimate of drug-likeness (QED) is 0.404. The van der Waals surface area contributed by atoms with Gasteiger partial charge in [0.2, 0.25) is 0 Å². The zero-order valence-electron chi connectivity index (χ0n) is 20.5. The van der Waals surface area contributed by atoms with Crippen LogP contribution in [0.1, 0.15) is 82.2 Å². The van der Waals surface area contributed by atoms with Crippen LogP contribution in [-0.4, -0.2) is 20.2 Å². The number of esters is 1. The summed E-state index contributed by atoms with van der Waals surface area (Å²) in [6.07, 6.45) is 3.81. The van der Waals surface area contributed by atoms with Gasteiger partial charge in [0.1, 0.15) is 5.75 Å². The fraction of sp³-hybridized carbons (Fsp3) is 0.367. The first-order chi connectivity index (χ1) is 16.5. The van der Waals surface area contributed by atoms with Crippen molar-refractivity contribution in [3.05, 3.63) is 88.0 Å². The van der Waals surface area contributed by atoms with Crippen molar-refractivity contribution in [2.75, 3.05) is 14.2 Å². The fourth-order valence-electron chi connectivity index (χ4n) is 5.82. The van der Waals surface area contributed by atoms with E-state index in [-0.39, 0.29) is 12.0 Å². The van der Waals surface area contributed by atoms with Gasteiger partial charge in [-0.2, -0.15) is 0 Å². The minimum absolute atomic E-state index is 0.202. The zero-order chi connectivity index (χ0) is 23.8. The van der Waals surface area contributed by atoms with Crippen LogP contribution < -0.4 is 10.1 Å². The standard InChI is InChI=1S/C30H33NO3/c1-18-8-9-23(16-26(18)30(32)34-4)28-13-20(12-27-22-10-11-24(14-22)29(27)28)17-31-19(2)21-6-5-7-25(15-21)33-3/h5-9,12-13,15-16,19,22,24,31H,10-11,14,17H2,1-4H3/t19-,22?,24?/m1/s1. The van der Waals surface area contributed by atoms with Crippen LogP contribution >= 0.6 is 0 Å². The summed E-state index contributed by atoms with van der Waals surface area (Å²) in [7, 11) is 3.15. The van der Waals surface area contributed by atoms with E-state index in [1.807, 2.05) is 31.2 Å². The summed E-state index contributed by atoms with van der Waals surface area (Å²) in [5.74, 6) is 1.90. The second kappa shape index (κ2) is 9.27. The lowest BCUT2D eigenvalue weighted by Gasteiger charge is -2.22. The summed E-state index contributed by atoms with van der Waals surface area (Å²) in [6.45, 7) is 4.93. The normalized spacial score (nSPS) is 19.1. The van der Waals surface area contributed by atoms with Crippen LogP contribution in [0, 0.1) is 6.92 Å². The topological polar surface area (TPSA) is 47.6 Å². The molecule has 1 saturated carbocycles. The van der Waals surface area contributed by atoms with Crippen LogP contribution in [0.2, 0.25) is 0 Å². The number of carbonyl (C=O) groups excluding carboxylic acids is 1. The second-order valence-corrected chi connectivity index (χ2v) is 9.75. The number of rotatable bonds is 7. The first-order valence-corrected chi connectivity index (χ1v) is 12.2. The molecule has 3 atom stereocenters. The highest BCUT2D eigenvalue weighted by atomic mass is 16.5. The van der Waals surface area contributed by atoms with Gasteiger partial charge in [-0.05, 0) is 108 Å². The molecule has 3 aromatic carbocycles. The Hall–Kier alpha value is -3.11. The number of methoxy groups -OCH3 is 2. The van der Waals surface area contributed by atoms with Crippen LogP contribution in [-0.2, 0) is 11.3 Å². The van der Waals surface area contributed by atoms with Gasteiger partial charge in [0.25, 0.3) is 0 Å². The average molecular weight is 456 g/mol. The molecule has 34 heavy (non-hydrogen) atoms. The van der Waals surface area contributed by atoms with Crippen molar-refractivity contribution < 1.29 is 14.3 Å². The highest BCUT2D eigenvalue weighted by Crippen LogP contribution is 2.56. The molecule has 1 fully saturated rings. The van der Waals surface area contributed by atoms with E-state index in [2.05, 4.69) is 42.6 Å². The maximum absolute atomic E-state index is 12.4. The number of benzene rings is 3. The van der Waals surface area contributed by atoms with E-state index in [1.165, 1.54) is 54.2 Å². The molecule has 2 aliphatic rings. The zero-order valence-corrected chi connectivity index (χ0v) is 20.5. The Bertz CT molecular complexity index is 1230. The summed E-state index contributed by atoms with van der Waals surface area (Å²) < 4.78 is 10.4. The van der Waals surface area contributed by atoms with E-state index in [1.54, 1.807) is 7.11 Å². The predicted molar refractivity (Wildman–Crippen MR) is 136 cm³/mol. The van der Waals surface area contributed by atoms with E-state index in [0.717, 1.165) is 23.4 Å². The van der Waals surface area contributed by atoms with E-state index in [0.29, 0.717) is 17.4 Å².